The molecule has 4 rings (SSSR count). The summed E-state index contributed by atoms with van der Waals surface area (Å²) >= 11 is 0. The van der Waals surface area contributed by atoms with Crippen LogP contribution in [0.5, 0.6) is 0 Å². The van der Waals surface area contributed by atoms with E-state index in [1.54, 1.807) is 0 Å². The molecular weight excluding hydrogens is 374 g/mol. The van der Waals surface area contributed by atoms with Gasteiger partial charge in [-0.05, 0) is 31.0 Å². The van der Waals surface area contributed by atoms with Crippen LogP contribution in [0.15, 0.2) is 65.4 Å². The minimum Gasteiger partial charge on any atom is -0.369 e. The summed E-state index contributed by atoms with van der Waals surface area (Å²) in [5.74, 6) is 0.769. The molecule has 0 amide bonds. The van der Waals surface area contributed by atoms with Crippen molar-refractivity contribution in [1.29, 1.82) is 0 Å². The van der Waals surface area contributed by atoms with Crippen LogP contribution in [0, 0.1) is 6.92 Å². The number of hydrogen-bond donors (Lipinski definition) is 1. The zero-order valence-corrected chi connectivity index (χ0v) is 17.5. The molecule has 0 radical (unpaired) electrons. The molecule has 0 aliphatic carbocycles. The molecule has 2 aromatic carbocycles. The Hall–Kier alpha value is -3.25. The molecule has 4 aromatic rings. The molecule has 0 unspecified atom stereocenters. The lowest BCUT2D eigenvalue weighted by Crippen LogP contribution is -2.25. The van der Waals surface area contributed by atoms with Gasteiger partial charge in [0.15, 0.2) is 0 Å². The average molecular weight is 402 g/mol. The standard InChI is InChI=1S/C24H27N5O/c1-3-29(16-19-11-5-4-6-12-19)15-9-14-25-23-21-22(20-13-8-7-10-18(20)2)28-30-24(21)27-17-26-23/h4-8,10-13,17H,3,9,14-16H2,1-2H3,(H,25,26,27). The molecular formula is C24H27N5O. The summed E-state index contributed by atoms with van der Waals surface area (Å²) in [6.45, 7) is 8.10. The summed E-state index contributed by atoms with van der Waals surface area (Å²) < 4.78 is 5.48. The minimum absolute atomic E-state index is 0.505. The van der Waals surface area contributed by atoms with Gasteiger partial charge in [0, 0.05) is 25.2 Å². The van der Waals surface area contributed by atoms with E-state index in [2.05, 4.69) is 75.6 Å². The van der Waals surface area contributed by atoms with Gasteiger partial charge in [-0.1, -0.05) is 66.7 Å². The molecule has 0 bridgehead atoms. The molecule has 0 aliphatic heterocycles. The van der Waals surface area contributed by atoms with Gasteiger partial charge in [0.05, 0.1) is 0 Å². The zero-order valence-electron chi connectivity index (χ0n) is 17.5. The number of aromatic nitrogens is 3. The van der Waals surface area contributed by atoms with Crippen LogP contribution in [-0.4, -0.2) is 39.7 Å². The van der Waals surface area contributed by atoms with Crippen LogP contribution >= 0.6 is 0 Å². The molecule has 0 saturated carbocycles. The Morgan fingerprint density at radius 1 is 1.00 bits per heavy atom. The molecule has 2 heterocycles. The molecule has 154 valence electrons. The Balaban J connectivity index is 1.43. The monoisotopic (exact) mass is 401 g/mol. The highest BCUT2D eigenvalue weighted by Crippen LogP contribution is 2.32. The molecule has 2 aromatic heterocycles. The van der Waals surface area contributed by atoms with Crippen LogP contribution in [0.25, 0.3) is 22.4 Å². The van der Waals surface area contributed by atoms with Crippen LogP contribution < -0.4 is 5.32 Å². The number of benzene rings is 2. The van der Waals surface area contributed by atoms with Gasteiger partial charge >= 0.3 is 0 Å². The summed E-state index contributed by atoms with van der Waals surface area (Å²) in [6, 6.07) is 18.7. The van der Waals surface area contributed by atoms with Gasteiger partial charge in [-0.2, -0.15) is 4.98 Å². The molecule has 30 heavy (non-hydrogen) atoms. The fourth-order valence-corrected chi connectivity index (χ4v) is 3.64. The van der Waals surface area contributed by atoms with Crippen molar-refractivity contribution in [3.05, 3.63) is 72.1 Å². The fraction of sp³-hybridized carbons (Fsp3) is 0.292. The normalized spacial score (nSPS) is 11.3. The lowest BCUT2D eigenvalue weighted by molar-refractivity contribution is 0.279. The number of aryl methyl sites for hydroxylation is 1. The summed E-state index contributed by atoms with van der Waals surface area (Å²) in [6.07, 6.45) is 2.53. The average Bonchev–Trinajstić information content (AvgIpc) is 3.21. The van der Waals surface area contributed by atoms with Gasteiger partial charge in [-0.3, -0.25) is 4.90 Å². The number of anilines is 1. The van der Waals surface area contributed by atoms with Crippen LogP contribution in [0.4, 0.5) is 5.82 Å². The number of fused-ring (bicyclic) bond motifs is 1. The smallest absolute Gasteiger partial charge is 0.263 e. The number of hydrogen-bond acceptors (Lipinski definition) is 6. The molecule has 0 spiro atoms. The maximum absolute atomic E-state index is 5.48. The van der Waals surface area contributed by atoms with Crippen LogP contribution in [0.1, 0.15) is 24.5 Å². The highest BCUT2D eigenvalue weighted by molar-refractivity contribution is 5.98. The van der Waals surface area contributed by atoms with Crippen LogP contribution in [0.3, 0.4) is 0 Å². The predicted molar refractivity (Wildman–Crippen MR) is 120 cm³/mol. The van der Waals surface area contributed by atoms with E-state index in [1.165, 1.54) is 11.9 Å². The van der Waals surface area contributed by atoms with Crippen molar-refractivity contribution in [2.75, 3.05) is 25.0 Å². The second-order valence-electron chi connectivity index (χ2n) is 7.38. The number of nitrogens with zero attached hydrogens (tertiary/aromatic N) is 4. The fourth-order valence-electron chi connectivity index (χ4n) is 3.64. The lowest BCUT2D eigenvalue weighted by Gasteiger charge is -2.20. The Morgan fingerprint density at radius 2 is 1.80 bits per heavy atom. The zero-order chi connectivity index (χ0) is 20.8. The van der Waals surface area contributed by atoms with Crippen LogP contribution in [0.2, 0.25) is 0 Å². The third-order valence-corrected chi connectivity index (χ3v) is 5.31. The summed E-state index contributed by atoms with van der Waals surface area (Å²) in [5, 5.41) is 8.58. The highest BCUT2D eigenvalue weighted by atomic mass is 16.5. The molecule has 0 fully saturated rings. The molecule has 0 saturated heterocycles. The van der Waals surface area contributed by atoms with E-state index in [-0.39, 0.29) is 0 Å². The van der Waals surface area contributed by atoms with Crippen molar-refractivity contribution in [3.63, 3.8) is 0 Å². The Kier molecular flexibility index (Phi) is 6.35. The molecule has 6 heteroatoms. The van der Waals surface area contributed by atoms with E-state index in [4.69, 9.17) is 4.52 Å². The van der Waals surface area contributed by atoms with Gasteiger partial charge in [-0.25, -0.2) is 4.98 Å². The van der Waals surface area contributed by atoms with E-state index in [1.807, 2.05) is 18.2 Å². The summed E-state index contributed by atoms with van der Waals surface area (Å²) in [4.78, 5) is 11.2. The van der Waals surface area contributed by atoms with E-state index >= 15 is 0 Å². The largest absolute Gasteiger partial charge is 0.369 e. The number of nitrogens with one attached hydrogen (secondary N) is 1. The molecule has 6 nitrogen and oxygen atoms in total. The Bertz CT molecular complexity index is 1090. The maximum atomic E-state index is 5.48. The lowest BCUT2D eigenvalue weighted by atomic mass is 10.0. The van der Waals surface area contributed by atoms with Gasteiger partial charge in [0.25, 0.3) is 5.71 Å². The van der Waals surface area contributed by atoms with Crippen LogP contribution in [-0.2, 0) is 6.54 Å². The SMILES string of the molecule is CCN(CCCNc1ncnc2onc(-c3ccccc3C)c12)Cc1ccccc1. The first kappa shape index (κ1) is 20.0. The van der Waals surface area contributed by atoms with E-state index < -0.39 is 0 Å². The van der Waals surface area contributed by atoms with Crippen molar-refractivity contribution in [1.82, 2.24) is 20.0 Å². The van der Waals surface area contributed by atoms with Gasteiger partial charge in [0.2, 0.25) is 0 Å². The van der Waals surface area contributed by atoms with Crippen molar-refractivity contribution in [2.45, 2.75) is 26.8 Å². The van der Waals surface area contributed by atoms with Crippen molar-refractivity contribution in [3.8, 4) is 11.3 Å². The summed E-state index contributed by atoms with van der Waals surface area (Å²) in [5.41, 5.74) is 4.81. The Labute approximate surface area is 176 Å². The molecule has 0 aliphatic rings. The second-order valence-corrected chi connectivity index (χ2v) is 7.38. The maximum Gasteiger partial charge on any atom is 0.263 e. The van der Waals surface area contributed by atoms with E-state index in [0.29, 0.717) is 5.71 Å². The first-order valence-electron chi connectivity index (χ1n) is 10.4. The third-order valence-electron chi connectivity index (χ3n) is 5.31. The Morgan fingerprint density at radius 3 is 2.60 bits per heavy atom. The van der Waals surface area contributed by atoms with Crippen molar-refractivity contribution in [2.24, 2.45) is 0 Å². The van der Waals surface area contributed by atoms with Crippen molar-refractivity contribution >= 4 is 16.9 Å². The quantitative estimate of drug-likeness (QED) is 0.402. The number of rotatable bonds is 9. The van der Waals surface area contributed by atoms with Gasteiger partial charge in [-0.15, -0.1) is 0 Å². The predicted octanol–water partition coefficient (Wildman–Crippen LogP) is 4.92. The van der Waals surface area contributed by atoms with E-state index in [0.717, 1.165) is 60.6 Å². The third kappa shape index (κ3) is 4.49. The van der Waals surface area contributed by atoms with E-state index in [9.17, 15) is 0 Å². The van der Waals surface area contributed by atoms with Gasteiger partial charge < -0.3 is 9.84 Å². The summed E-state index contributed by atoms with van der Waals surface area (Å²) in [7, 11) is 0. The minimum atomic E-state index is 0.505. The topological polar surface area (TPSA) is 67.1 Å². The molecule has 0 atom stereocenters. The first-order valence-corrected chi connectivity index (χ1v) is 10.4. The first-order chi connectivity index (χ1) is 14.8. The second kappa shape index (κ2) is 9.50. The highest BCUT2D eigenvalue weighted by Gasteiger charge is 2.17. The van der Waals surface area contributed by atoms with Gasteiger partial charge in [0.1, 0.15) is 23.2 Å². The molecule has 1 N–H and O–H groups in total. The van der Waals surface area contributed by atoms with Crippen molar-refractivity contribution < 1.29 is 4.52 Å².